The van der Waals surface area contributed by atoms with Gasteiger partial charge in [0.15, 0.2) is 0 Å². The molecular formula is C15H22N2O3. The maximum absolute atomic E-state index is 12.6. The van der Waals surface area contributed by atoms with Crippen molar-refractivity contribution >= 4 is 11.8 Å². The van der Waals surface area contributed by atoms with E-state index in [1.54, 1.807) is 4.90 Å². The molecule has 1 aromatic rings. The fraction of sp³-hybridized carbons (Fsp3) is 0.600. The molecule has 2 atom stereocenters. The Morgan fingerprint density at radius 2 is 2.20 bits per heavy atom. The zero-order valence-corrected chi connectivity index (χ0v) is 12.3. The minimum atomic E-state index is -0.409. The van der Waals surface area contributed by atoms with Gasteiger partial charge in [-0.1, -0.05) is 13.3 Å². The van der Waals surface area contributed by atoms with Crippen molar-refractivity contribution in [3.63, 3.8) is 0 Å². The SMILES string of the molecule is CCCC1NC(=O)CCN(C(C)c2ccc(C)o2)C1=O. The Kier molecular flexibility index (Phi) is 4.47. The predicted molar refractivity (Wildman–Crippen MR) is 75.0 cm³/mol. The molecule has 1 aliphatic heterocycles. The normalized spacial score (nSPS) is 21.6. The van der Waals surface area contributed by atoms with Crippen LogP contribution < -0.4 is 5.32 Å². The molecule has 1 fully saturated rings. The van der Waals surface area contributed by atoms with Crippen molar-refractivity contribution in [1.29, 1.82) is 0 Å². The van der Waals surface area contributed by atoms with Gasteiger partial charge in [0.2, 0.25) is 11.8 Å². The number of furan rings is 1. The number of carbonyl (C=O) groups is 2. The Bertz CT molecular complexity index is 495. The third-order valence-corrected chi connectivity index (χ3v) is 3.71. The van der Waals surface area contributed by atoms with Gasteiger partial charge < -0.3 is 14.6 Å². The van der Waals surface area contributed by atoms with Crippen molar-refractivity contribution in [3.8, 4) is 0 Å². The Hall–Kier alpha value is -1.78. The molecule has 2 rings (SSSR count). The molecule has 1 aromatic heterocycles. The van der Waals surface area contributed by atoms with Gasteiger partial charge >= 0.3 is 0 Å². The first-order valence-electron chi connectivity index (χ1n) is 7.19. The monoisotopic (exact) mass is 278 g/mol. The van der Waals surface area contributed by atoms with Crippen molar-refractivity contribution in [2.24, 2.45) is 0 Å². The van der Waals surface area contributed by atoms with Crippen LogP contribution in [0.15, 0.2) is 16.5 Å². The highest BCUT2D eigenvalue weighted by Gasteiger charge is 2.33. The summed E-state index contributed by atoms with van der Waals surface area (Å²) < 4.78 is 5.61. The van der Waals surface area contributed by atoms with Crippen LogP contribution in [-0.4, -0.2) is 29.3 Å². The highest BCUT2D eigenvalue weighted by Crippen LogP contribution is 2.25. The molecule has 0 aliphatic carbocycles. The van der Waals surface area contributed by atoms with Crippen molar-refractivity contribution in [3.05, 3.63) is 23.7 Å². The van der Waals surface area contributed by atoms with Gasteiger partial charge in [-0.3, -0.25) is 9.59 Å². The van der Waals surface area contributed by atoms with Gasteiger partial charge in [-0.25, -0.2) is 0 Å². The second kappa shape index (κ2) is 6.11. The van der Waals surface area contributed by atoms with Crippen LogP contribution in [0.3, 0.4) is 0 Å². The summed E-state index contributed by atoms with van der Waals surface area (Å²) >= 11 is 0. The molecule has 5 heteroatoms. The van der Waals surface area contributed by atoms with E-state index in [0.29, 0.717) is 19.4 Å². The van der Waals surface area contributed by atoms with Crippen LogP contribution in [-0.2, 0) is 9.59 Å². The Balaban J connectivity index is 2.20. The smallest absolute Gasteiger partial charge is 0.245 e. The van der Waals surface area contributed by atoms with Gasteiger partial charge in [0.25, 0.3) is 0 Å². The third kappa shape index (κ3) is 3.03. The van der Waals surface area contributed by atoms with Crippen molar-refractivity contribution in [2.75, 3.05) is 6.54 Å². The zero-order chi connectivity index (χ0) is 14.7. The predicted octanol–water partition coefficient (Wildman–Crippen LogP) is 2.17. The Morgan fingerprint density at radius 3 is 2.80 bits per heavy atom. The van der Waals surface area contributed by atoms with Crippen LogP contribution >= 0.6 is 0 Å². The third-order valence-electron chi connectivity index (χ3n) is 3.71. The molecule has 5 nitrogen and oxygen atoms in total. The Labute approximate surface area is 119 Å². The summed E-state index contributed by atoms with van der Waals surface area (Å²) in [6, 6.07) is 3.22. The minimum absolute atomic E-state index is 0.0146. The second-order valence-electron chi connectivity index (χ2n) is 5.31. The summed E-state index contributed by atoms with van der Waals surface area (Å²) in [5.74, 6) is 1.52. The zero-order valence-electron chi connectivity index (χ0n) is 12.3. The number of nitrogens with zero attached hydrogens (tertiary/aromatic N) is 1. The molecule has 110 valence electrons. The van der Waals surface area contributed by atoms with E-state index in [1.807, 2.05) is 32.9 Å². The van der Waals surface area contributed by atoms with E-state index in [2.05, 4.69) is 5.32 Å². The summed E-state index contributed by atoms with van der Waals surface area (Å²) in [5.41, 5.74) is 0. The number of amides is 2. The minimum Gasteiger partial charge on any atom is -0.464 e. The first-order valence-corrected chi connectivity index (χ1v) is 7.19. The fourth-order valence-corrected chi connectivity index (χ4v) is 2.56. The number of hydrogen-bond donors (Lipinski definition) is 1. The van der Waals surface area contributed by atoms with E-state index < -0.39 is 6.04 Å². The lowest BCUT2D eigenvalue weighted by Gasteiger charge is -2.28. The lowest BCUT2D eigenvalue weighted by atomic mass is 10.1. The van der Waals surface area contributed by atoms with Gasteiger partial charge in [0.1, 0.15) is 17.6 Å². The summed E-state index contributed by atoms with van der Waals surface area (Å²) in [6.07, 6.45) is 1.87. The van der Waals surface area contributed by atoms with E-state index in [-0.39, 0.29) is 17.9 Å². The molecule has 2 amide bonds. The molecule has 0 radical (unpaired) electrons. The van der Waals surface area contributed by atoms with Crippen LogP contribution in [0.4, 0.5) is 0 Å². The molecule has 1 N–H and O–H groups in total. The highest BCUT2D eigenvalue weighted by atomic mass is 16.3. The van der Waals surface area contributed by atoms with Gasteiger partial charge in [0.05, 0.1) is 6.04 Å². The largest absolute Gasteiger partial charge is 0.464 e. The van der Waals surface area contributed by atoms with Crippen LogP contribution in [0.1, 0.15) is 50.7 Å². The average Bonchev–Trinajstić information content (AvgIpc) is 2.78. The van der Waals surface area contributed by atoms with Gasteiger partial charge in [-0.05, 0) is 32.4 Å². The lowest BCUT2D eigenvalue weighted by Crippen LogP contribution is -2.45. The van der Waals surface area contributed by atoms with Crippen LogP contribution in [0.2, 0.25) is 0 Å². The average molecular weight is 278 g/mol. The number of rotatable bonds is 4. The first-order chi connectivity index (χ1) is 9.52. The summed E-state index contributed by atoms with van der Waals surface area (Å²) in [5, 5.41) is 2.81. The summed E-state index contributed by atoms with van der Waals surface area (Å²) in [4.78, 5) is 26.0. The molecule has 2 unspecified atom stereocenters. The molecule has 20 heavy (non-hydrogen) atoms. The fourth-order valence-electron chi connectivity index (χ4n) is 2.56. The number of nitrogens with one attached hydrogen (secondary N) is 1. The summed E-state index contributed by atoms with van der Waals surface area (Å²) in [6.45, 7) is 6.26. The lowest BCUT2D eigenvalue weighted by molar-refractivity contribution is -0.135. The molecule has 1 aliphatic rings. The molecule has 1 saturated heterocycles. The van der Waals surface area contributed by atoms with Crippen molar-refractivity contribution in [2.45, 2.75) is 52.1 Å². The van der Waals surface area contributed by atoms with Gasteiger partial charge in [0, 0.05) is 13.0 Å². The van der Waals surface area contributed by atoms with Crippen molar-refractivity contribution in [1.82, 2.24) is 10.2 Å². The molecule has 0 saturated carbocycles. The topological polar surface area (TPSA) is 62.6 Å². The quantitative estimate of drug-likeness (QED) is 0.918. The van der Waals surface area contributed by atoms with E-state index in [1.165, 1.54) is 0 Å². The number of hydrogen-bond acceptors (Lipinski definition) is 3. The van der Waals surface area contributed by atoms with Crippen LogP contribution in [0, 0.1) is 6.92 Å². The van der Waals surface area contributed by atoms with Gasteiger partial charge in [-0.2, -0.15) is 0 Å². The van der Waals surface area contributed by atoms with E-state index in [4.69, 9.17) is 4.42 Å². The van der Waals surface area contributed by atoms with E-state index in [0.717, 1.165) is 17.9 Å². The number of aryl methyl sites for hydroxylation is 1. The molecule has 0 bridgehead atoms. The highest BCUT2D eigenvalue weighted by molar-refractivity contribution is 5.90. The molecule has 0 spiro atoms. The maximum atomic E-state index is 12.6. The molecule has 0 aromatic carbocycles. The molecule has 2 heterocycles. The van der Waals surface area contributed by atoms with Crippen LogP contribution in [0.5, 0.6) is 0 Å². The Morgan fingerprint density at radius 1 is 1.45 bits per heavy atom. The maximum Gasteiger partial charge on any atom is 0.245 e. The molecular weight excluding hydrogens is 256 g/mol. The van der Waals surface area contributed by atoms with E-state index >= 15 is 0 Å². The second-order valence-corrected chi connectivity index (χ2v) is 5.31. The first kappa shape index (κ1) is 14.6. The number of carbonyl (C=O) groups excluding carboxylic acids is 2. The van der Waals surface area contributed by atoms with Crippen molar-refractivity contribution < 1.29 is 14.0 Å². The van der Waals surface area contributed by atoms with E-state index in [9.17, 15) is 9.59 Å². The summed E-state index contributed by atoms with van der Waals surface area (Å²) in [7, 11) is 0. The van der Waals surface area contributed by atoms with Gasteiger partial charge in [-0.15, -0.1) is 0 Å². The standard InChI is InChI=1S/C15H22N2O3/c1-4-5-12-15(19)17(9-8-14(18)16-12)11(3)13-7-6-10(2)20-13/h6-7,11-12H,4-5,8-9H2,1-3H3,(H,16,18). The van der Waals surface area contributed by atoms with Crippen LogP contribution in [0.25, 0.3) is 0 Å².